The van der Waals surface area contributed by atoms with Crippen molar-refractivity contribution in [3.8, 4) is 0 Å². The maximum absolute atomic E-state index is 12.5. The van der Waals surface area contributed by atoms with Crippen LogP contribution in [0.1, 0.15) is 72.1 Å². The van der Waals surface area contributed by atoms with Gasteiger partial charge in [-0.1, -0.05) is 39.5 Å². The molecule has 3 N–H and O–H groups in total. The van der Waals surface area contributed by atoms with E-state index in [-0.39, 0.29) is 32.5 Å². The molecular formula is C26H46N2O10S2. The van der Waals surface area contributed by atoms with Gasteiger partial charge in [0.1, 0.15) is 6.61 Å². The fraction of sp³-hybridized carbons (Fsp3) is 0.731. The molecule has 0 radical (unpaired) electrons. The van der Waals surface area contributed by atoms with E-state index >= 15 is 0 Å². The zero-order chi connectivity index (χ0) is 30.1. The van der Waals surface area contributed by atoms with Crippen molar-refractivity contribution >= 4 is 37.7 Å². The van der Waals surface area contributed by atoms with Crippen molar-refractivity contribution in [3.63, 3.8) is 0 Å². The number of hydrogen-bond acceptors (Lipinski definition) is 9. The summed E-state index contributed by atoms with van der Waals surface area (Å²) >= 11 is 0. The number of unbranched alkanes of at least 4 members (excludes halogenated alkanes) is 4. The Morgan fingerprint density at radius 3 is 1.73 bits per heavy atom. The number of nitrogens with one attached hydrogen (secondary N) is 1. The summed E-state index contributed by atoms with van der Waals surface area (Å²) in [6, 6.07) is 6.59. The minimum absolute atomic E-state index is 0.0928. The Bertz CT molecular complexity index is 1010. The van der Waals surface area contributed by atoms with Crippen molar-refractivity contribution < 1.29 is 44.9 Å². The molecule has 40 heavy (non-hydrogen) atoms. The molecule has 0 saturated carbocycles. The molecule has 0 unspecified atom stereocenters. The van der Waals surface area contributed by atoms with Crippen molar-refractivity contribution in [2.45, 2.75) is 77.9 Å². The highest BCUT2D eigenvalue weighted by atomic mass is 32.2. The average Bonchev–Trinajstić information content (AvgIpc) is 2.86. The van der Waals surface area contributed by atoms with Crippen LogP contribution in [0.5, 0.6) is 0 Å². The van der Waals surface area contributed by atoms with E-state index in [0.717, 1.165) is 38.5 Å². The fourth-order valence-corrected chi connectivity index (χ4v) is 4.74. The van der Waals surface area contributed by atoms with Crippen LogP contribution in [0.3, 0.4) is 0 Å². The molecule has 1 aromatic rings. The van der Waals surface area contributed by atoms with Crippen molar-refractivity contribution in [2.75, 3.05) is 54.6 Å². The predicted octanol–water partition coefficient (Wildman–Crippen LogP) is 4.73. The van der Waals surface area contributed by atoms with E-state index in [1.165, 1.54) is 0 Å². The Kier molecular flexibility index (Phi) is 16.6. The third-order valence-electron chi connectivity index (χ3n) is 5.92. The SMILES string of the molecule is CCCCCOC(C)(COC(=O)Nc1ccc(N(CCCS(=O)(=O)O)CCCS(=O)(=O)O)cc1)OCCCCC. The van der Waals surface area contributed by atoms with Gasteiger partial charge in [-0.15, -0.1) is 0 Å². The number of hydrogen-bond donors (Lipinski definition) is 3. The van der Waals surface area contributed by atoms with Gasteiger partial charge in [0, 0.05) is 24.5 Å². The van der Waals surface area contributed by atoms with Gasteiger partial charge >= 0.3 is 6.09 Å². The quantitative estimate of drug-likeness (QED) is 0.0943. The summed E-state index contributed by atoms with van der Waals surface area (Å²) in [7, 11) is -8.28. The van der Waals surface area contributed by atoms with Crippen molar-refractivity contribution in [1.82, 2.24) is 0 Å². The summed E-state index contributed by atoms with van der Waals surface area (Å²) in [6.45, 7) is 7.29. The minimum atomic E-state index is -4.14. The molecule has 0 aliphatic heterocycles. The first-order valence-corrected chi connectivity index (χ1v) is 17.0. The van der Waals surface area contributed by atoms with Crippen LogP contribution >= 0.6 is 0 Å². The summed E-state index contributed by atoms with van der Waals surface area (Å²) in [6.07, 6.45) is 5.46. The normalized spacial score (nSPS) is 12.3. The molecule has 0 bridgehead atoms. The van der Waals surface area contributed by atoms with E-state index in [2.05, 4.69) is 19.2 Å². The minimum Gasteiger partial charge on any atom is -0.444 e. The van der Waals surface area contributed by atoms with Crippen molar-refractivity contribution in [2.24, 2.45) is 0 Å². The molecule has 0 fully saturated rings. The zero-order valence-corrected chi connectivity index (χ0v) is 25.5. The summed E-state index contributed by atoms with van der Waals surface area (Å²) in [5.74, 6) is -1.96. The van der Waals surface area contributed by atoms with Crippen LogP contribution < -0.4 is 10.2 Å². The number of ether oxygens (including phenoxy) is 3. The van der Waals surface area contributed by atoms with Gasteiger partial charge < -0.3 is 19.1 Å². The van der Waals surface area contributed by atoms with Gasteiger partial charge in [-0.25, -0.2) is 4.79 Å². The number of nitrogens with zero attached hydrogens (tertiary/aromatic N) is 1. The molecule has 0 atom stereocenters. The number of amides is 1. The van der Waals surface area contributed by atoms with Crippen LogP contribution in [0.25, 0.3) is 0 Å². The van der Waals surface area contributed by atoms with Gasteiger partial charge in [0.05, 0.1) is 24.7 Å². The molecule has 0 aliphatic rings. The highest BCUT2D eigenvalue weighted by molar-refractivity contribution is 7.86. The maximum Gasteiger partial charge on any atom is 0.411 e. The van der Waals surface area contributed by atoms with E-state index in [4.69, 9.17) is 23.3 Å². The molecule has 0 aromatic heterocycles. The third kappa shape index (κ3) is 17.7. The zero-order valence-electron chi connectivity index (χ0n) is 23.8. The number of anilines is 2. The molecule has 1 amide bonds. The Morgan fingerprint density at radius 1 is 0.825 bits per heavy atom. The second kappa shape index (κ2) is 18.5. The molecule has 0 heterocycles. The first-order chi connectivity index (χ1) is 18.8. The highest BCUT2D eigenvalue weighted by Gasteiger charge is 2.28. The van der Waals surface area contributed by atoms with Crippen LogP contribution in [-0.4, -0.2) is 82.2 Å². The van der Waals surface area contributed by atoms with Gasteiger partial charge in [-0.3, -0.25) is 14.4 Å². The summed E-state index contributed by atoms with van der Waals surface area (Å²) in [5.41, 5.74) is 1.08. The molecule has 12 nitrogen and oxygen atoms in total. The fourth-order valence-electron chi connectivity index (χ4n) is 3.76. The Hall–Kier alpha value is -1.97. The lowest BCUT2D eigenvalue weighted by Crippen LogP contribution is -2.40. The highest BCUT2D eigenvalue weighted by Crippen LogP contribution is 2.20. The van der Waals surface area contributed by atoms with E-state index in [9.17, 15) is 21.6 Å². The van der Waals surface area contributed by atoms with E-state index in [0.29, 0.717) is 24.6 Å². The average molecular weight is 611 g/mol. The Balaban J connectivity index is 2.75. The van der Waals surface area contributed by atoms with Crippen molar-refractivity contribution in [1.29, 1.82) is 0 Å². The van der Waals surface area contributed by atoms with Gasteiger partial charge in [-0.05, 0) is 56.9 Å². The second-order valence-corrected chi connectivity index (χ2v) is 12.9. The number of carbonyl (C=O) groups is 1. The first-order valence-electron chi connectivity index (χ1n) is 13.7. The molecule has 1 aromatic carbocycles. The number of benzene rings is 1. The third-order valence-corrected chi connectivity index (χ3v) is 7.52. The molecule has 232 valence electrons. The summed E-state index contributed by atoms with van der Waals surface area (Å²) in [5, 5.41) is 2.64. The lowest BCUT2D eigenvalue weighted by Gasteiger charge is -2.29. The van der Waals surface area contributed by atoms with Gasteiger partial charge in [0.25, 0.3) is 20.2 Å². The van der Waals surface area contributed by atoms with Gasteiger partial charge in [0.15, 0.2) is 5.79 Å². The van der Waals surface area contributed by atoms with Crippen LogP contribution in [0.2, 0.25) is 0 Å². The lowest BCUT2D eigenvalue weighted by molar-refractivity contribution is -0.243. The molecule has 0 aliphatic carbocycles. The monoisotopic (exact) mass is 610 g/mol. The number of carbonyl (C=O) groups excluding carboxylic acids is 1. The first kappa shape index (κ1) is 36.1. The molecule has 0 spiro atoms. The molecule has 14 heteroatoms. The topological polar surface area (TPSA) is 169 Å². The summed E-state index contributed by atoms with van der Waals surface area (Å²) < 4.78 is 79.5. The molecule has 0 saturated heterocycles. The van der Waals surface area contributed by atoms with E-state index < -0.39 is 43.6 Å². The van der Waals surface area contributed by atoms with Gasteiger partial charge in [-0.2, -0.15) is 16.8 Å². The van der Waals surface area contributed by atoms with Crippen LogP contribution in [0.15, 0.2) is 24.3 Å². The smallest absolute Gasteiger partial charge is 0.411 e. The summed E-state index contributed by atoms with van der Waals surface area (Å²) in [4.78, 5) is 14.2. The van der Waals surface area contributed by atoms with Crippen LogP contribution in [0, 0.1) is 0 Å². The lowest BCUT2D eigenvalue weighted by atomic mass is 10.2. The van der Waals surface area contributed by atoms with Crippen LogP contribution in [-0.2, 0) is 34.4 Å². The second-order valence-electron chi connectivity index (χ2n) is 9.76. The van der Waals surface area contributed by atoms with E-state index in [1.54, 1.807) is 36.1 Å². The van der Waals surface area contributed by atoms with Crippen molar-refractivity contribution in [3.05, 3.63) is 24.3 Å². The standard InChI is InChI=1S/C26H46N2O10S2/c1-4-6-8-18-37-26(3,38-19-9-7-5-2)22-36-25(29)27-23-12-14-24(15-13-23)28(16-10-20-39(30,31)32)17-11-21-40(33,34)35/h12-15H,4-11,16-22H2,1-3H3,(H,27,29)(H,30,31,32)(H,33,34,35). The maximum atomic E-state index is 12.5. The van der Waals surface area contributed by atoms with Gasteiger partial charge in [0.2, 0.25) is 0 Å². The Morgan fingerprint density at radius 2 is 1.30 bits per heavy atom. The molecule has 1 rings (SSSR count). The largest absolute Gasteiger partial charge is 0.444 e. The number of rotatable bonds is 22. The Labute approximate surface area is 239 Å². The van der Waals surface area contributed by atoms with E-state index in [1.807, 2.05) is 0 Å². The molecular weight excluding hydrogens is 564 g/mol. The van der Waals surface area contributed by atoms with Crippen LogP contribution in [0.4, 0.5) is 16.2 Å². The predicted molar refractivity (Wildman–Crippen MR) is 155 cm³/mol.